The Hall–Kier alpha value is -7.16. The topological polar surface area (TPSA) is 25.8 Å². The summed E-state index contributed by atoms with van der Waals surface area (Å²) in [5.74, 6) is 0.723. The summed E-state index contributed by atoms with van der Waals surface area (Å²) in [6, 6.07) is 71.1. The van der Waals surface area contributed by atoms with Gasteiger partial charge in [-0.05, 0) is 108 Å². The van der Waals surface area contributed by atoms with Gasteiger partial charge in [0.2, 0.25) is 0 Å². The molecule has 0 N–H and O–H groups in total. The first-order valence-electron chi connectivity index (χ1n) is 21.5. The van der Waals surface area contributed by atoms with E-state index in [1.54, 1.807) is 0 Å². The maximum Gasteiger partial charge on any atom is 0.160 e. The lowest BCUT2D eigenvalue weighted by Gasteiger charge is -2.36. The summed E-state index contributed by atoms with van der Waals surface area (Å²) < 4.78 is 0. The van der Waals surface area contributed by atoms with Gasteiger partial charge in [-0.15, -0.1) is 0 Å². The molecule has 0 aliphatic heterocycles. The van der Waals surface area contributed by atoms with Crippen LogP contribution in [-0.2, 0) is 5.41 Å². The molecule has 1 aromatic heterocycles. The molecule has 0 amide bonds. The van der Waals surface area contributed by atoms with Gasteiger partial charge in [-0.2, -0.15) is 0 Å². The molecule has 1 fully saturated rings. The molecule has 2 nitrogen and oxygen atoms in total. The third-order valence-corrected chi connectivity index (χ3v) is 13.5. The summed E-state index contributed by atoms with van der Waals surface area (Å²) in [5.41, 5.74) is 16.0. The molecule has 1 saturated carbocycles. The van der Waals surface area contributed by atoms with Crippen LogP contribution in [0.3, 0.4) is 0 Å². The second-order valence-electron chi connectivity index (χ2n) is 16.7. The van der Waals surface area contributed by atoms with Crippen molar-refractivity contribution < 1.29 is 0 Å². The molecular formula is C58H42N2. The van der Waals surface area contributed by atoms with Crippen molar-refractivity contribution in [3.8, 4) is 67.3 Å². The third kappa shape index (κ3) is 5.48. The van der Waals surface area contributed by atoms with Crippen molar-refractivity contribution in [3.05, 3.63) is 205 Å². The van der Waals surface area contributed by atoms with Crippen LogP contribution in [-0.4, -0.2) is 9.97 Å². The molecule has 10 aromatic rings. The molecule has 9 aromatic carbocycles. The molecule has 0 bridgehead atoms. The minimum absolute atomic E-state index is 0.0592. The number of fused-ring (bicyclic) bond motifs is 8. The maximum atomic E-state index is 5.13. The molecule has 0 radical (unpaired) electrons. The zero-order valence-corrected chi connectivity index (χ0v) is 33.4. The van der Waals surface area contributed by atoms with E-state index in [0.717, 1.165) is 33.9 Å². The number of rotatable bonds is 5. The summed E-state index contributed by atoms with van der Waals surface area (Å²) in [5, 5.41) is 7.75. The van der Waals surface area contributed by atoms with E-state index in [9.17, 15) is 0 Å². The minimum atomic E-state index is 0.0592. The fourth-order valence-electron chi connectivity index (χ4n) is 10.7. The van der Waals surface area contributed by atoms with E-state index in [1.165, 1.54) is 109 Å². The fourth-order valence-corrected chi connectivity index (χ4v) is 10.7. The number of benzene rings is 9. The van der Waals surface area contributed by atoms with Crippen molar-refractivity contribution in [1.82, 2.24) is 9.97 Å². The number of aromatic nitrogens is 2. The predicted molar refractivity (Wildman–Crippen MR) is 251 cm³/mol. The SMILES string of the molecule is c1ccc(-c2cc(-c3ccc(-c4c5ccccc5c(-c5cccc6c5-c5cc7ccccc7cc5C65CCCCC5)c5ccccc45)cc3)nc(-c3ccccc3)n2)cc1. The smallest absolute Gasteiger partial charge is 0.160 e. The molecule has 0 saturated heterocycles. The monoisotopic (exact) mass is 766 g/mol. The molecule has 60 heavy (non-hydrogen) atoms. The molecule has 1 heterocycles. The molecule has 2 heteroatoms. The molecule has 2 aliphatic rings. The lowest BCUT2D eigenvalue weighted by molar-refractivity contribution is 0.353. The Balaban J connectivity index is 1.04. The van der Waals surface area contributed by atoms with E-state index in [1.807, 2.05) is 24.3 Å². The Morgan fingerprint density at radius 1 is 0.333 bits per heavy atom. The lowest BCUT2D eigenvalue weighted by Crippen LogP contribution is -2.28. The van der Waals surface area contributed by atoms with Gasteiger partial charge < -0.3 is 0 Å². The van der Waals surface area contributed by atoms with Crippen LogP contribution in [0.25, 0.3) is 99.6 Å². The van der Waals surface area contributed by atoms with Crippen LogP contribution in [0.4, 0.5) is 0 Å². The van der Waals surface area contributed by atoms with Gasteiger partial charge in [0, 0.05) is 22.1 Å². The highest BCUT2D eigenvalue weighted by Gasteiger charge is 2.45. The molecule has 0 atom stereocenters. The normalized spacial score (nSPS) is 14.1. The van der Waals surface area contributed by atoms with E-state index < -0.39 is 0 Å². The average molecular weight is 767 g/mol. The van der Waals surface area contributed by atoms with Crippen molar-refractivity contribution in [2.24, 2.45) is 0 Å². The number of hydrogen-bond acceptors (Lipinski definition) is 2. The Morgan fingerprint density at radius 2 is 0.850 bits per heavy atom. The lowest BCUT2D eigenvalue weighted by atomic mass is 9.67. The van der Waals surface area contributed by atoms with Crippen molar-refractivity contribution in [3.63, 3.8) is 0 Å². The highest BCUT2D eigenvalue weighted by atomic mass is 14.9. The molecular weight excluding hydrogens is 725 g/mol. The van der Waals surface area contributed by atoms with Crippen LogP contribution in [0.15, 0.2) is 194 Å². The molecule has 12 rings (SSSR count). The number of hydrogen-bond donors (Lipinski definition) is 0. The van der Waals surface area contributed by atoms with Gasteiger partial charge in [-0.3, -0.25) is 0 Å². The first-order chi connectivity index (χ1) is 29.7. The summed E-state index contributed by atoms with van der Waals surface area (Å²) in [4.78, 5) is 10.2. The van der Waals surface area contributed by atoms with Crippen LogP contribution in [0, 0.1) is 0 Å². The van der Waals surface area contributed by atoms with E-state index in [-0.39, 0.29) is 5.41 Å². The molecule has 284 valence electrons. The second-order valence-corrected chi connectivity index (χ2v) is 16.7. The molecule has 0 unspecified atom stereocenters. The van der Waals surface area contributed by atoms with Crippen LogP contribution in [0.5, 0.6) is 0 Å². The first-order valence-corrected chi connectivity index (χ1v) is 21.5. The fraction of sp³-hybridized carbons (Fsp3) is 0.103. The van der Waals surface area contributed by atoms with Gasteiger partial charge in [0.15, 0.2) is 5.82 Å². The van der Waals surface area contributed by atoms with Crippen LogP contribution >= 0.6 is 0 Å². The maximum absolute atomic E-state index is 5.13. The van der Waals surface area contributed by atoms with Gasteiger partial charge in [0.05, 0.1) is 11.4 Å². The van der Waals surface area contributed by atoms with Gasteiger partial charge in [0.1, 0.15) is 0 Å². The quantitative estimate of drug-likeness (QED) is 0.163. The first kappa shape index (κ1) is 34.8. The summed E-state index contributed by atoms with van der Waals surface area (Å²) in [6.07, 6.45) is 6.28. The zero-order valence-electron chi connectivity index (χ0n) is 33.4. The summed E-state index contributed by atoms with van der Waals surface area (Å²) in [7, 11) is 0. The van der Waals surface area contributed by atoms with Gasteiger partial charge in [0.25, 0.3) is 0 Å². The average Bonchev–Trinajstić information content (AvgIpc) is 3.58. The molecule has 1 spiro atoms. The zero-order chi connectivity index (χ0) is 39.6. The van der Waals surface area contributed by atoms with Crippen molar-refractivity contribution >= 4 is 32.3 Å². The van der Waals surface area contributed by atoms with Crippen molar-refractivity contribution in [2.75, 3.05) is 0 Å². The van der Waals surface area contributed by atoms with Gasteiger partial charge in [-0.1, -0.05) is 195 Å². The Bertz CT molecular complexity index is 3150. The van der Waals surface area contributed by atoms with E-state index >= 15 is 0 Å². The number of nitrogens with zero attached hydrogens (tertiary/aromatic N) is 2. The Morgan fingerprint density at radius 3 is 1.48 bits per heavy atom. The van der Waals surface area contributed by atoms with E-state index in [0.29, 0.717) is 0 Å². The molecule has 2 aliphatic carbocycles. The van der Waals surface area contributed by atoms with E-state index in [2.05, 4.69) is 170 Å². The largest absolute Gasteiger partial charge is 0.228 e. The van der Waals surface area contributed by atoms with Gasteiger partial charge in [-0.25, -0.2) is 9.97 Å². The van der Waals surface area contributed by atoms with Crippen molar-refractivity contribution in [2.45, 2.75) is 37.5 Å². The predicted octanol–water partition coefficient (Wildman–Crippen LogP) is 15.5. The third-order valence-electron chi connectivity index (χ3n) is 13.5. The second kappa shape index (κ2) is 14.0. The highest BCUT2D eigenvalue weighted by molar-refractivity contribution is 6.23. The van der Waals surface area contributed by atoms with Crippen LogP contribution in [0.2, 0.25) is 0 Å². The minimum Gasteiger partial charge on any atom is -0.228 e. The van der Waals surface area contributed by atoms with Crippen LogP contribution in [0.1, 0.15) is 43.2 Å². The summed E-state index contributed by atoms with van der Waals surface area (Å²) >= 11 is 0. The highest BCUT2D eigenvalue weighted by Crippen LogP contribution is 2.59. The van der Waals surface area contributed by atoms with Gasteiger partial charge >= 0.3 is 0 Å². The van der Waals surface area contributed by atoms with Crippen molar-refractivity contribution in [1.29, 1.82) is 0 Å². The summed E-state index contributed by atoms with van der Waals surface area (Å²) in [6.45, 7) is 0. The van der Waals surface area contributed by atoms with E-state index in [4.69, 9.17) is 9.97 Å². The van der Waals surface area contributed by atoms with Crippen LogP contribution < -0.4 is 0 Å². The standard InChI is InChI=1S/C58H42N2/c1-4-17-38(18-5-1)52-37-53(60-57(59-52)41-19-6-2-7-20-41)39-29-31-40(32-30-39)54-44-23-10-12-25-46(44)55(47-26-13-11-24-45(47)54)48-27-16-28-50-56(48)49-35-42-21-8-9-22-43(42)36-51(49)58(50)33-14-3-15-34-58/h1-2,4-13,16-32,35-37H,3,14-15,33-34H2. The Labute approximate surface area is 350 Å². The Kier molecular flexibility index (Phi) is 8.13.